The molecule has 0 aromatic carbocycles. The van der Waals surface area contributed by atoms with Gasteiger partial charge in [0, 0.05) is 45.7 Å². The van der Waals surface area contributed by atoms with Gasteiger partial charge < -0.3 is 9.80 Å². The van der Waals surface area contributed by atoms with Gasteiger partial charge in [-0.2, -0.15) is 0 Å². The molecule has 0 N–H and O–H groups in total. The Hall–Kier alpha value is -0.610. The number of amides is 1. The molecular formula is C13H27N3O. The third-order valence-electron chi connectivity index (χ3n) is 3.33. The second kappa shape index (κ2) is 7.67. The number of likely N-dealkylation sites (N-methyl/N-ethyl adjacent to an activating group) is 1. The Bertz CT molecular complexity index is 223. The summed E-state index contributed by atoms with van der Waals surface area (Å²) < 4.78 is 0. The maximum Gasteiger partial charge on any atom is 0.222 e. The summed E-state index contributed by atoms with van der Waals surface area (Å²) in [5.41, 5.74) is 0. The van der Waals surface area contributed by atoms with E-state index >= 15 is 0 Å². The average Bonchev–Trinajstić information content (AvgIpc) is 2.34. The minimum absolute atomic E-state index is 0.346. The predicted octanol–water partition coefficient (Wildman–Crippen LogP) is 0.882. The normalized spacial score (nSPS) is 17.8. The second-order valence-corrected chi connectivity index (χ2v) is 5.13. The van der Waals surface area contributed by atoms with Crippen LogP contribution in [0.4, 0.5) is 0 Å². The topological polar surface area (TPSA) is 26.8 Å². The highest BCUT2D eigenvalue weighted by Crippen LogP contribution is 2.06. The van der Waals surface area contributed by atoms with E-state index < -0.39 is 0 Å². The van der Waals surface area contributed by atoms with E-state index in [0.29, 0.717) is 5.91 Å². The minimum Gasteiger partial charge on any atom is -0.340 e. The van der Waals surface area contributed by atoms with Crippen LogP contribution in [0.2, 0.25) is 0 Å². The Morgan fingerprint density at radius 1 is 1.18 bits per heavy atom. The van der Waals surface area contributed by atoms with Gasteiger partial charge in [-0.15, -0.1) is 0 Å². The van der Waals surface area contributed by atoms with Crippen LogP contribution < -0.4 is 0 Å². The number of hydrogen-bond acceptors (Lipinski definition) is 3. The summed E-state index contributed by atoms with van der Waals surface area (Å²) in [5, 5.41) is 0. The third-order valence-corrected chi connectivity index (χ3v) is 3.33. The first-order valence-corrected chi connectivity index (χ1v) is 6.78. The molecule has 0 bridgehead atoms. The summed E-state index contributed by atoms with van der Waals surface area (Å²) in [6, 6.07) is 0. The lowest BCUT2D eigenvalue weighted by Gasteiger charge is -2.35. The van der Waals surface area contributed by atoms with Gasteiger partial charge in [0.1, 0.15) is 0 Å². The van der Waals surface area contributed by atoms with Crippen molar-refractivity contribution < 1.29 is 4.79 Å². The zero-order valence-electron chi connectivity index (χ0n) is 11.6. The standard InChI is InChI=1S/C13H27N3O/c1-4-5-6-13(17)16-11-9-15(10-12-16)8-7-14(2)3/h4-12H2,1-3H3. The van der Waals surface area contributed by atoms with Crippen molar-refractivity contribution in [2.24, 2.45) is 0 Å². The first-order valence-electron chi connectivity index (χ1n) is 6.78. The molecule has 17 heavy (non-hydrogen) atoms. The molecule has 0 radical (unpaired) electrons. The number of carbonyl (C=O) groups excluding carboxylic acids is 1. The molecule has 1 saturated heterocycles. The van der Waals surface area contributed by atoms with Crippen molar-refractivity contribution in [3.8, 4) is 0 Å². The molecule has 0 atom stereocenters. The van der Waals surface area contributed by atoms with Crippen LogP contribution in [-0.2, 0) is 4.79 Å². The van der Waals surface area contributed by atoms with Crippen LogP contribution in [0.15, 0.2) is 0 Å². The monoisotopic (exact) mass is 241 g/mol. The molecule has 1 aliphatic heterocycles. The molecule has 0 unspecified atom stereocenters. The van der Waals surface area contributed by atoms with Gasteiger partial charge in [-0.1, -0.05) is 13.3 Å². The molecule has 0 saturated carbocycles. The summed E-state index contributed by atoms with van der Waals surface area (Å²) in [5.74, 6) is 0.346. The van der Waals surface area contributed by atoms with Gasteiger partial charge >= 0.3 is 0 Å². The number of carbonyl (C=O) groups is 1. The van der Waals surface area contributed by atoms with Gasteiger partial charge in [-0.3, -0.25) is 9.69 Å². The highest BCUT2D eigenvalue weighted by atomic mass is 16.2. The fourth-order valence-electron chi connectivity index (χ4n) is 2.05. The van der Waals surface area contributed by atoms with Crippen molar-refractivity contribution in [2.45, 2.75) is 26.2 Å². The summed E-state index contributed by atoms with van der Waals surface area (Å²) in [7, 11) is 4.20. The molecule has 1 heterocycles. The molecule has 0 aromatic rings. The molecule has 1 amide bonds. The van der Waals surface area contributed by atoms with E-state index in [0.717, 1.165) is 58.5 Å². The smallest absolute Gasteiger partial charge is 0.222 e. The Labute approximate surface area is 106 Å². The van der Waals surface area contributed by atoms with E-state index in [2.05, 4.69) is 30.8 Å². The number of hydrogen-bond donors (Lipinski definition) is 0. The van der Waals surface area contributed by atoms with E-state index in [1.807, 2.05) is 4.90 Å². The molecule has 4 nitrogen and oxygen atoms in total. The molecule has 1 aliphatic rings. The summed E-state index contributed by atoms with van der Waals surface area (Å²) in [6.45, 7) is 8.24. The van der Waals surface area contributed by atoms with Crippen LogP contribution in [0.25, 0.3) is 0 Å². The molecule has 0 aromatic heterocycles. The summed E-state index contributed by atoms with van der Waals surface area (Å²) in [6.07, 6.45) is 2.86. The van der Waals surface area contributed by atoms with Crippen molar-refractivity contribution >= 4 is 5.91 Å². The Morgan fingerprint density at radius 3 is 2.35 bits per heavy atom. The number of nitrogens with zero attached hydrogens (tertiary/aromatic N) is 3. The van der Waals surface area contributed by atoms with Crippen molar-refractivity contribution in [2.75, 3.05) is 53.4 Å². The van der Waals surface area contributed by atoms with E-state index in [1.54, 1.807) is 0 Å². The van der Waals surface area contributed by atoms with Gasteiger partial charge in [0.05, 0.1) is 0 Å². The van der Waals surface area contributed by atoms with Crippen LogP contribution in [-0.4, -0.2) is 74.0 Å². The SMILES string of the molecule is CCCCC(=O)N1CCN(CCN(C)C)CC1. The zero-order chi connectivity index (χ0) is 12.7. The highest BCUT2D eigenvalue weighted by Gasteiger charge is 2.20. The van der Waals surface area contributed by atoms with Crippen molar-refractivity contribution in [3.63, 3.8) is 0 Å². The molecule has 1 rings (SSSR count). The molecule has 0 aliphatic carbocycles. The van der Waals surface area contributed by atoms with Crippen molar-refractivity contribution in [1.82, 2.24) is 14.7 Å². The molecule has 0 spiro atoms. The van der Waals surface area contributed by atoms with Crippen molar-refractivity contribution in [3.05, 3.63) is 0 Å². The minimum atomic E-state index is 0.346. The molecule has 4 heteroatoms. The van der Waals surface area contributed by atoms with Crippen LogP contribution in [0, 0.1) is 0 Å². The fourth-order valence-corrected chi connectivity index (χ4v) is 2.05. The van der Waals surface area contributed by atoms with E-state index in [4.69, 9.17) is 0 Å². The number of rotatable bonds is 6. The lowest BCUT2D eigenvalue weighted by Crippen LogP contribution is -2.49. The van der Waals surface area contributed by atoms with Crippen molar-refractivity contribution in [1.29, 1.82) is 0 Å². The first-order chi connectivity index (χ1) is 8.13. The lowest BCUT2D eigenvalue weighted by molar-refractivity contribution is -0.133. The number of unbranched alkanes of at least 4 members (excludes halogenated alkanes) is 1. The Morgan fingerprint density at radius 2 is 1.82 bits per heavy atom. The highest BCUT2D eigenvalue weighted by molar-refractivity contribution is 5.76. The fraction of sp³-hybridized carbons (Fsp3) is 0.923. The average molecular weight is 241 g/mol. The Kier molecular flexibility index (Phi) is 6.52. The van der Waals surface area contributed by atoms with Crippen LogP contribution in [0.1, 0.15) is 26.2 Å². The van der Waals surface area contributed by atoms with Gasteiger partial charge in [0.15, 0.2) is 0 Å². The summed E-state index contributed by atoms with van der Waals surface area (Å²) in [4.78, 5) is 18.5. The zero-order valence-corrected chi connectivity index (χ0v) is 11.6. The van der Waals surface area contributed by atoms with E-state index in [1.165, 1.54) is 0 Å². The number of piperazine rings is 1. The van der Waals surface area contributed by atoms with Gasteiger partial charge in [0.25, 0.3) is 0 Å². The largest absolute Gasteiger partial charge is 0.340 e. The van der Waals surface area contributed by atoms with Crippen LogP contribution in [0.3, 0.4) is 0 Å². The lowest BCUT2D eigenvalue weighted by atomic mass is 10.2. The maximum atomic E-state index is 11.8. The van der Waals surface area contributed by atoms with Crippen LogP contribution >= 0.6 is 0 Å². The molecule has 1 fully saturated rings. The van der Waals surface area contributed by atoms with Crippen LogP contribution in [0.5, 0.6) is 0 Å². The van der Waals surface area contributed by atoms with Gasteiger partial charge in [-0.05, 0) is 20.5 Å². The predicted molar refractivity (Wildman–Crippen MR) is 71.1 cm³/mol. The Balaban J connectivity index is 2.18. The molecule has 100 valence electrons. The van der Waals surface area contributed by atoms with Gasteiger partial charge in [-0.25, -0.2) is 0 Å². The van der Waals surface area contributed by atoms with E-state index in [-0.39, 0.29) is 0 Å². The quantitative estimate of drug-likeness (QED) is 0.691. The summed E-state index contributed by atoms with van der Waals surface area (Å²) >= 11 is 0. The third kappa shape index (κ3) is 5.50. The van der Waals surface area contributed by atoms with E-state index in [9.17, 15) is 4.79 Å². The molecular weight excluding hydrogens is 214 g/mol. The maximum absolute atomic E-state index is 11.8. The first kappa shape index (κ1) is 14.5. The second-order valence-electron chi connectivity index (χ2n) is 5.13. The van der Waals surface area contributed by atoms with Gasteiger partial charge in [0.2, 0.25) is 5.91 Å².